The maximum atomic E-state index is 14.2. The summed E-state index contributed by atoms with van der Waals surface area (Å²) in [6.45, 7) is 3.12. The van der Waals surface area contributed by atoms with Gasteiger partial charge in [0.05, 0.1) is 5.56 Å². The van der Waals surface area contributed by atoms with Crippen LogP contribution >= 0.6 is 0 Å². The molecule has 0 bridgehead atoms. The van der Waals surface area contributed by atoms with Crippen molar-refractivity contribution in [2.45, 2.75) is 20.5 Å². The van der Waals surface area contributed by atoms with E-state index in [1.165, 1.54) is 13.0 Å². The van der Waals surface area contributed by atoms with Crippen LogP contribution < -0.4 is 4.74 Å². The number of hydrogen-bond acceptors (Lipinski definition) is 4. The van der Waals surface area contributed by atoms with Crippen LogP contribution in [0, 0.1) is 12.7 Å². The molecule has 0 fully saturated rings. The molecule has 4 nitrogen and oxygen atoms in total. The normalized spacial score (nSPS) is 10.4. The fraction of sp³-hybridized carbons (Fsp3) is 0.130. The van der Waals surface area contributed by atoms with Gasteiger partial charge in [-0.05, 0) is 48.4 Å². The van der Waals surface area contributed by atoms with Gasteiger partial charge in [0.25, 0.3) is 0 Å². The van der Waals surface area contributed by atoms with E-state index in [2.05, 4.69) is 0 Å². The number of benzene rings is 3. The molecule has 0 aliphatic heterocycles. The summed E-state index contributed by atoms with van der Waals surface area (Å²) in [5.41, 5.74) is 3.28. The first kappa shape index (κ1) is 19.3. The first-order valence-corrected chi connectivity index (χ1v) is 8.73. The predicted octanol–water partition coefficient (Wildman–Crippen LogP) is 5.08. The minimum absolute atomic E-state index is 0.102. The lowest BCUT2D eigenvalue weighted by Gasteiger charge is -2.08. The molecule has 0 amide bonds. The zero-order valence-electron chi connectivity index (χ0n) is 15.6. The summed E-state index contributed by atoms with van der Waals surface area (Å²) in [4.78, 5) is 23.0. The van der Waals surface area contributed by atoms with Crippen molar-refractivity contribution in [1.29, 1.82) is 0 Å². The van der Waals surface area contributed by atoms with Crippen molar-refractivity contribution < 1.29 is 23.5 Å². The summed E-state index contributed by atoms with van der Waals surface area (Å²) in [5.74, 6) is -0.942. The Morgan fingerprint density at radius 3 is 2.14 bits per heavy atom. The number of esters is 2. The number of rotatable bonds is 5. The van der Waals surface area contributed by atoms with Crippen molar-refractivity contribution in [3.05, 3.63) is 89.2 Å². The van der Waals surface area contributed by atoms with Gasteiger partial charge in [0.1, 0.15) is 18.2 Å². The highest BCUT2D eigenvalue weighted by atomic mass is 19.1. The van der Waals surface area contributed by atoms with E-state index in [4.69, 9.17) is 9.47 Å². The minimum Gasteiger partial charge on any atom is -0.461 e. The smallest absolute Gasteiger partial charge is 0.343 e. The van der Waals surface area contributed by atoms with Crippen molar-refractivity contribution >= 4 is 11.9 Å². The Bertz CT molecular complexity index is 992. The lowest BCUT2D eigenvalue weighted by Crippen LogP contribution is -2.08. The second-order valence-electron chi connectivity index (χ2n) is 6.37. The zero-order chi connectivity index (χ0) is 20.1. The Balaban J connectivity index is 1.70. The van der Waals surface area contributed by atoms with E-state index in [0.717, 1.165) is 11.1 Å². The average molecular weight is 378 g/mol. The number of ether oxygens (including phenoxy) is 2. The molecular weight excluding hydrogens is 359 g/mol. The molecule has 0 heterocycles. The fourth-order valence-electron chi connectivity index (χ4n) is 2.59. The van der Waals surface area contributed by atoms with Gasteiger partial charge in [-0.15, -0.1) is 0 Å². The van der Waals surface area contributed by atoms with Crippen LogP contribution in [0.2, 0.25) is 0 Å². The summed E-state index contributed by atoms with van der Waals surface area (Å²) in [6, 6.07) is 18.6. The van der Waals surface area contributed by atoms with Crippen molar-refractivity contribution in [1.82, 2.24) is 0 Å². The van der Waals surface area contributed by atoms with E-state index >= 15 is 0 Å². The third kappa shape index (κ3) is 4.82. The highest BCUT2D eigenvalue weighted by Crippen LogP contribution is 2.25. The van der Waals surface area contributed by atoms with E-state index in [1.54, 1.807) is 48.5 Å². The third-order valence-corrected chi connectivity index (χ3v) is 4.17. The van der Waals surface area contributed by atoms with Gasteiger partial charge in [-0.25, -0.2) is 9.18 Å². The maximum absolute atomic E-state index is 14.2. The van der Waals surface area contributed by atoms with E-state index in [-0.39, 0.29) is 6.61 Å². The van der Waals surface area contributed by atoms with Gasteiger partial charge >= 0.3 is 11.9 Å². The van der Waals surface area contributed by atoms with Crippen LogP contribution in [-0.2, 0) is 16.1 Å². The van der Waals surface area contributed by atoms with E-state index in [0.29, 0.717) is 22.4 Å². The largest absolute Gasteiger partial charge is 0.461 e. The fourth-order valence-corrected chi connectivity index (χ4v) is 2.59. The van der Waals surface area contributed by atoms with Crippen LogP contribution in [0.4, 0.5) is 4.39 Å². The van der Waals surface area contributed by atoms with Gasteiger partial charge in [0.2, 0.25) is 0 Å². The molecular formula is C23H19FO4. The van der Waals surface area contributed by atoms with Crippen LogP contribution in [0.25, 0.3) is 11.1 Å². The van der Waals surface area contributed by atoms with Gasteiger partial charge in [-0.1, -0.05) is 42.0 Å². The van der Waals surface area contributed by atoms with Gasteiger partial charge < -0.3 is 9.47 Å². The molecule has 0 atom stereocenters. The Labute approximate surface area is 162 Å². The number of aryl methyl sites for hydroxylation is 1. The van der Waals surface area contributed by atoms with E-state index in [1.807, 2.05) is 19.1 Å². The van der Waals surface area contributed by atoms with Gasteiger partial charge in [-0.2, -0.15) is 0 Å². The lowest BCUT2D eigenvalue weighted by molar-refractivity contribution is -0.142. The number of carbonyl (C=O) groups is 2. The molecule has 5 heteroatoms. The minimum atomic E-state index is -0.459. The predicted molar refractivity (Wildman–Crippen MR) is 103 cm³/mol. The zero-order valence-corrected chi connectivity index (χ0v) is 15.6. The lowest BCUT2D eigenvalue weighted by atomic mass is 10.0. The molecule has 0 N–H and O–H groups in total. The standard InChI is InChI=1S/C23H19FO4/c1-15-3-5-18(6-4-15)23(26)28-21-11-9-17(10-12-21)19-7-8-20(22(24)13-19)14-27-16(2)25/h3-13H,14H2,1-2H3. The molecule has 28 heavy (non-hydrogen) atoms. The third-order valence-electron chi connectivity index (χ3n) is 4.17. The van der Waals surface area contributed by atoms with Crippen LogP contribution in [-0.4, -0.2) is 11.9 Å². The quantitative estimate of drug-likeness (QED) is 0.459. The number of carbonyl (C=O) groups excluding carboxylic acids is 2. The highest BCUT2D eigenvalue weighted by Gasteiger charge is 2.10. The van der Waals surface area contributed by atoms with E-state index < -0.39 is 17.8 Å². The summed E-state index contributed by atoms with van der Waals surface area (Å²) in [6.07, 6.45) is 0. The Kier molecular flexibility index (Phi) is 5.84. The molecule has 3 rings (SSSR count). The average Bonchev–Trinajstić information content (AvgIpc) is 2.68. The van der Waals surface area contributed by atoms with Crippen LogP contribution in [0.1, 0.15) is 28.4 Å². The van der Waals surface area contributed by atoms with Crippen molar-refractivity contribution in [3.63, 3.8) is 0 Å². The number of halogens is 1. The molecule has 0 saturated carbocycles. The van der Waals surface area contributed by atoms with Crippen LogP contribution in [0.5, 0.6) is 5.75 Å². The summed E-state index contributed by atoms with van der Waals surface area (Å²) in [7, 11) is 0. The molecule has 0 saturated heterocycles. The maximum Gasteiger partial charge on any atom is 0.343 e. The molecule has 142 valence electrons. The van der Waals surface area contributed by atoms with Crippen molar-refractivity contribution in [3.8, 4) is 16.9 Å². The summed E-state index contributed by atoms with van der Waals surface area (Å²) in [5, 5.41) is 0. The first-order valence-electron chi connectivity index (χ1n) is 8.73. The van der Waals surface area contributed by atoms with Crippen molar-refractivity contribution in [2.24, 2.45) is 0 Å². The number of hydrogen-bond donors (Lipinski definition) is 0. The Morgan fingerprint density at radius 1 is 0.893 bits per heavy atom. The van der Waals surface area contributed by atoms with Crippen molar-refractivity contribution in [2.75, 3.05) is 0 Å². The van der Waals surface area contributed by atoms with Gasteiger partial charge in [0.15, 0.2) is 0 Å². The van der Waals surface area contributed by atoms with Crippen LogP contribution in [0.15, 0.2) is 66.7 Å². The second kappa shape index (κ2) is 8.48. The van der Waals surface area contributed by atoms with Crippen LogP contribution in [0.3, 0.4) is 0 Å². The molecule has 3 aromatic rings. The molecule has 0 aliphatic carbocycles. The SMILES string of the molecule is CC(=O)OCc1ccc(-c2ccc(OC(=O)c3ccc(C)cc3)cc2)cc1F. The topological polar surface area (TPSA) is 52.6 Å². The van der Waals surface area contributed by atoms with E-state index in [9.17, 15) is 14.0 Å². The molecule has 0 aliphatic rings. The van der Waals surface area contributed by atoms with Gasteiger partial charge in [-0.3, -0.25) is 4.79 Å². The Morgan fingerprint density at radius 2 is 1.54 bits per heavy atom. The highest BCUT2D eigenvalue weighted by molar-refractivity contribution is 5.91. The summed E-state index contributed by atoms with van der Waals surface area (Å²) < 4.78 is 24.4. The monoisotopic (exact) mass is 378 g/mol. The molecule has 0 spiro atoms. The molecule has 0 aromatic heterocycles. The molecule has 3 aromatic carbocycles. The van der Waals surface area contributed by atoms with Gasteiger partial charge in [0, 0.05) is 12.5 Å². The summed E-state index contributed by atoms with van der Waals surface area (Å²) >= 11 is 0. The Hall–Kier alpha value is -3.47. The molecule has 0 radical (unpaired) electrons. The molecule has 0 unspecified atom stereocenters. The second-order valence-corrected chi connectivity index (χ2v) is 6.37. The first-order chi connectivity index (χ1) is 13.4.